The number of carbonyl (C=O) groups is 1. The molecule has 1 aromatic heterocycles. The molecule has 0 aliphatic carbocycles. The van der Waals surface area contributed by atoms with Crippen molar-refractivity contribution in [1.82, 2.24) is 9.78 Å². The minimum Gasteiger partial charge on any atom is -0.492 e. The number of halogens is 1. The molecule has 0 aliphatic rings. The Kier molecular flexibility index (Phi) is 6.77. The first kappa shape index (κ1) is 21.1. The first-order valence-electron chi connectivity index (χ1n) is 10.1. The Bertz CT molecular complexity index is 1160. The van der Waals surface area contributed by atoms with E-state index >= 15 is 0 Å². The molecule has 1 amide bonds. The molecule has 1 heterocycles. The van der Waals surface area contributed by atoms with E-state index in [0.29, 0.717) is 35.9 Å². The van der Waals surface area contributed by atoms with Gasteiger partial charge in [0.1, 0.15) is 30.5 Å². The third kappa shape index (κ3) is 5.95. The fourth-order valence-corrected chi connectivity index (χ4v) is 3.03. The predicted molar refractivity (Wildman–Crippen MR) is 119 cm³/mol. The number of carbonyl (C=O) groups excluding carboxylic acids is 1. The molecule has 0 atom stereocenters. The minimum absolute atomic E-state index is 0.258. The van der Waals surface area contributed by atoms with Crippen LogP contribution in [0.4, 0.5) is 10.1 Å². The van der Waals surface area contributed by atoms with E-state index in [1.54, 1.807) is 59.4 Å². The Hall–Kier alpha value is -4.13. The van der Waals surface area contributed by atoms with Gasteiger partial charge in [-0.3, -0.25) is 9.48 Å². The molecule has 6 nitrogen and oxygen atoms in total. The number of amides is 1. The molecule has 162 valence electrons. The molecule has 0 unspecified atom stereocenters. The molecular formula is C25H22FN3O3. The summed E-state index contributed by atoms with van der Waals surface area (Å²) in [4.78, 5) is 12.7. The van der Waals surface area contributed by atoms with Gasteiger partial charge in [-0.2, -0.15) is 5.10 Å². The van der Waals surface area contributed by atoms with Gasteiger partial charge >= 0.3 is 0 Å². The Morgan fingerprint density at radius 1 is 0.938 bits per heavy atom. The molecule has 7 heteroatoms. The van der Waals surface area contributed by atoms with Crippen molar-refractivity contribution in [2.45, 2.75) is 13.2 Å². The smallest absolute Gasteiger partial charge is 0.255 e. The zero-order valence-electron chi connectivity index (χ0n) is 17.3. The van der Waals surface area contributed by atoms with Crippen LogP contribution in [0.15, 0.2) is 91.3 Å². The van der Waals surface area contributed by atoms with Crippen molar-refractivity contribution in [3.63, 3.8) is 0 Å². The highest BCUT2D eigenvalue weighted by molar-refractivity contribution is 6.04. The monoisotopic (exact) mass is 431 g/mol. The molecule has 4 aromatic rings. The van der Waals surface area contributed by atoms with Crippen LogP contribution < -0.4 is 14.8 Å². The Morgan fingerprint density at radius 3 is 2.50 bits per heavy atom. The molecule has 1 N–H and O–H groups in total. The number of aromatic nitrogens is 2. The van der Waals surface area contributed by atoms with Crippen molar-refractivity contribution in [3.8, 4) is 11.5 Å². The number of rotatable bonds is 9. The molecule has 0 radical (unpaired) electrons. The van der Waals surface area contributed by atoms with Gasteiger partial charge in [-0.1, -0.05) is 24.3 Å². The largest absolute Gasteiger partial charge is 0.492 e. The molecule has 0 saturated heterocycles. The first-order chi connectivity index (χ1) is 15.7. The van der Waals surface area contributed by atoms with Crippen molar-refractivity contribution in [2.75, 3.05) is 11.9 Å². The summed E-state index contributed by atoms with van der Waals surface area (Å²) < 4.78 is 26.3. The van der Waals surface area contributed by atoms with E-state index in [-0.39, 0.29) is 18.3 Å². The van der Waals surface area contributed by atoms with Gasteiger partial charge in [-0.05, 0) is 54.1 Å². The van der Waals surface area contributed by atoms with Crippen LogP contribution in [0.5, 0.6) is 11.5 Å². The second kappa shape index (κ2) is 10.3. The van der Waals surface area contributed by atoms with Crippen molar-refractivity contribution < 1.29 is 18.7 Å². The van der Waals surface area contributed by atoms with Crippen molar-refractivity contribution >= 4 is 11.6 Å². The summed E-state index contributed by atoms with van der Waals surface area (Å²) >= 11 is 0. The molecular weight excluding hydrogens is 409 g/mol. The summed E-state index contributed by atoms with van der Waals surface area (Å²) in [5.41, 5.74) is 1.93. The molecule has 0 saturated carbocycles. The maximum atomic E-state index is 13.0. The van der Waals surface area contributed by atoms with E-state index in [2.05, 4.69) is 10.4 Å². The Labute approximate surface area is 185 Å². The van der Waals surface area contributed by atoms with Gasteiger partial charge in [0.15, 0.2) is 0 Å². The average molecular weight is 431 g/mol. The fraction of sp³-hybridized carbons (Fsp3) is 0.120. The number of nitrogens with one attached hydrogen (secondary N) is 1. The highest BCUT2D eigenvalue weighted by Crippen LogP contribution is 2.20. The summed E-state index contributed by atoms with van der Waals surface area (Å²) in [7, 11) is 0. The number of ether oxygens (including phenoxy) is 2. The SMILES string of the molecule is O=C(Nc1cccc(OCCn2cccn2)c1)c1cccc(OCc2ccc(F)cc2)c1. The molecule has 3 aromatic carbocycles. The minimum atomic E-state index is -0.292. The summed E-state index contributed by atoms with van der Waals surface area (Å²) in [6.45, 7) is 1.38. The van der Waals surface area contributed by atoms with E-state index in [4.69, 9.17) is 9.47 Å². The quantitative estimate of drug-likeness (QED) is 0.408. The van der Waals surface area contributed by atoms with E-state index in [0.717, 1.165) is 5.56 Å². The van der Waals surface area contributed by atoms with E-state index in [9.17, 15) is 9.18 Å². The molecule has 4 rings (SSSR count). The third-order valence-corrected chi connectivity index (χ3v) is 4.66. The second-order valence-corrected chi connectivity index (χ2v) is 7.04. The summed E-state index contributed by atoms with van der Waals surface area (Å²) in [6, 6.07) is 22.1. The summed E-state index contributed by atoms with van der Waals surface area (Å²) in [6.07, 6.45) is 3.59. The van der Waals surface area contributed by atoms with Gasteiger partial charge in [-0.25, -0.2) is 4.39 Å². The number of benzene rings is 3. The fourth-order valence-electron chi connectivity index (χ4n) is 3.03. The van der Waals surface area contributed by atoms with Crippen LogP contribution in [-0.4, -0.2) is 22.3 Å². The molecule has 32 heavy (non-hydrogen) atoms. The number of anilines is 1. The summed E-state index contributed by atoms with van der Waals surface area (Å²) in [5, 5.41) is 7.01. The lowest BCUT2D eigenvalue weighted by Gasteiger charge is -2.11. The average Bonchev–Trinajstić information content (AvgIpc) is 3.33. The first-order valence-corrected chi connectivity index (χ1v) is 10.1. The molecule has 0 fully saturated rings. The second-order valence-electron chi connectivity index (χ2n) is 7.04. The topological polar surface area (TPSA) is 65.4 Å². The lowest BCUT2D eigenvalue weighted by atomic mass is 10.2. The third-order valence-electron chi connectivity index (χ3n) is 4.66. The van der Waals surface area contributed by atoms with Crippen LogP contribution in [0.3, 0.4) is 0 Å². The van der Waals surface area contributed by atoms with Crippen molar-refractivity contribution in [2.24, 2.45) is 0 Å². The Balaban J connectivity index is 1.33. The lowest BCUT2D eigenvalue weighted by molar-refractivity contribution is 0.102. The Morgan fingerprint density at radius 2 is 1.72 bits per heavy atom. The molecule has 0 bridgehead atoms. The number of nitrogens with zero attached hydrogens (tertiary/aromatic N) is 2. The van der Waals surface area contributed by atoms with Gasteiger partial charge in [0.2, 0.25) is 0 Å². The lowest BCUT2D eigenvalue weighted by Crippen LogP contribution is -2.12. The van der Waals surface area contributed by atoms with Crippen molar-refractivity contribution in [1.29, 1.82) is 0 Å². The standard InChI is InChI=1S/C25H22FN3O3/c26-21-10-8-19(9-11-21)18-32-23-6-1-4-20(16-23)25(30)28-22-5-2-7-24(17-22)31-15-14-29-13-3-12-27-29/h1-13,16-17H,14-15,18H2,(H,28,30). The van der Waals surface area contributed by atoms with Crippen molar-refractivity contribution in [3.05, 3.63) is 108 Å². The van der Waals surface area contributed by atoms with E-state index in [1.807, 2.05) is 24.4 Å². The van der Waals surface area contributed by atoms with Crippen LogP contribution in [-0.2, 0) is 13.2 Å². The number of hydrogen-bond acceptors (Lipinski definition) is 4. The number of hydrogen-bond donors (Lipinski definition) is 1. The van der Waals surface area contributed by atoms with E-state index in [1.165, 1.54) is 12.1 Å². The molecule has 0 spiro atoms. The highest BCUT2D eigenvalue weighted by Gasteiger charge is 2.08. The van der Waals surface area contributed by atoms with Gasteiger partial charge in [0, 0.05) is 29.7 Å². The van der Waals surface area contributed by atoms with Crippen LogP contribution in [0, 0.1) is 5.82 Å². The van der Waals surface area contributed by atoms with Crippen LogP contribution in [0.2, 0.25) is 0 Å². The van der Waals surface area contributed by atoms with Gasteiger partial charge in [0.25, 0.3) is 5.91 Å². The highest BCUT2D eigenvalue weighted by atomic mass is 19.1. The zero-order chi connectivity index (χ0) is 22.2. The van der Waals surface area contributed by atoms with Gasteiger partial charge < -0.3 is 14.8 Å². The zero-order valence-corrected chi connectivity index (χ0v) is 17.3. The normalized spacial score (nSPS) is 10.5. The van der Waals surface area contributed by atoms with Crippen LogP contribution in [0.1, 0.15) is 15.9 Å². The maximum Gasteiger partial charge on any atom is 0.255 e. The van der Waals surface area contributed by atoms with Crippen LogP contribution >= 0.6 is 0 Å². The van der Waals surface area contributed by atoms with E-state index < -0.39 is 0 Å². The maximum absolute atomic E-state index is 13.0. The van der Waals surface area contributed by atoms with Gasteiger partial charge in [0.05, 0.1) is 6.54 Å². The molecule has 0 aliphatic heterocycles. The predicted octanol–water partition coefficient (Wildman–Crippen LogP) is 4.93. The summed E-state index contributed by atoms with van der Waals surface area (Å²) in [5.74, 6) is 0.662. The van der Waals surface area contributed by atoms with Crippen LogP contribution in [0.25, 0.3) is 0 Å². The van der Waals surface area contributed by atoms with Gasteiger partial charge in [-0.15, -0.1) is 0 Å².